The summed E-state index contributed by atoms with van der Waals surface area (Å²) in [6, 6.07) is -6.99. The Bertz CT molecular complexity index is 1740. The van der Waals surface area contributed by atoms with Gasteiger partial charge >= 0.3 is 18.1 Å². The number of rotatable bonds is 21. The van der Waals surface area contributed by atoms with E-state index in [1.165, 1.54) is 59.1 Å². The van der Waals surface area contributed by atoms with Crippen LogP contribution in [0.1, 0.15) is 101 Å². The Hall–Kier alpha value is -5.34. The summed E-state index contributed by atoms with van der Waals surface area (Å²) in [6.45, 7) is 17.5. The van der Waals surface area contributed by atoms with Crippen molar-refractivity contribution < 1.29 is 52.7 Å². The number of likely N-dealkylation sites (N-methyl/N-ethyl adjacent to an activating group) is 4. The normalized spacial score (nSPS) is 18.0. The molecule has 21 heteroatoms. The molecule has 21 nitrogen and oxygen atoms in total. The summed E-state index contributed by atoms with van der Waals surface area (Å²) in [5.41, 5.74) is 0. The molecule has 4 N–H and O–H groups in total. The smallest absolute Gasteiger partial charge is 0.334 e. The second kappa shape index (κ2) is 26.7. The minimum atomic E-state index is -1.30. The molecule has 0 aliphatic carbocycles. The lowest BCUT2D eigenvalue weighted by atomic mass is 9.94. The van der Waals surface area contributed by atoms with Crippen LogP contribution in [-0.4, -0.2) is 188 Å². The fourth-order valence-electron chi connectivity index (χ4n) is 7.59. The van der Waals surface area contributed by atoms with Gasteiger partial charge in [-0.2, -0.15) is 0 Å². The number of hydrogen-bond acceptors (Lipinski definition) is 11. The molecule has 0 aromatic rings. The second-order valence-corrected chi connectivity index (χ2v) is 18.9. The van der Waals surface area contributed by atoms with E-state index < -0.39 is 108 Å². The zero-order valence-electron chi connectivity index (χ0n) is 42.5. The van der Waals surface area contributed by atoms with Gasteiger partial charge in [-0.1, -0.05) is 62.3 Å². The number of urea groups is 3. The van der Waals surface area contributed by atoms with E-state index in [1.54, 1.807) is 27.7 Å². The molecule has 1 fully saturated rings. The van der Waals surface area contributed by atoms with Crippen molar-refractivity contribution in [1.29, 1.82) is 0 Å². The zero-order valence-corrected chi connectivity index (χ0v) is 42.5. The zero-order chi connectivity index (χ0) is 51.1. The van der Waals surface area contributed by atoms with Gasteiger partial charge in [0.05, 0.1) is 24.7 Å². The van der Waals surface area contributed by atoms with Crippen LogP contribution in [0.5, 0.6) is 0 Å². The molecule has 0 bridgehead atoms. The molecule has 1 saturated heterocycles. The molecule has 376 valence electrons. The van der Waals surface area contributed by atoms with Gasteiger partial charge in [-0.3, -0.25) is 43.8 Å². The largest absolute Gasteiger partial charge is 0.372 e. The van der Waals surface area contributed by atoms with E-state index in [0.29, 0.717) is 12.8 Å². The minimum absolute atomic E-state index is 0.0472. The number of carbonyl (C=O) groups is 10. The van der Waals surface area contributed by atoms with Gasteiger partial charge in [0.2, 0.25) is 41.4 Å². The number of ether oxygens (including phenoxy) is 1. The quantitative estimate of drug-likeness (QED) is 0.130. The van der Waals surface area contributed by atoms with Crippen LogP contribution in [0.2, 0.25) is 0 Å². The van der Waals surface area contributed by atoms with Crippen LogP contribution in [0.15, 0.2) is 0 Å². The monoisotopic (exact) mass is 937 g/mol. The van der Waals surface area contributed by atoms with Crippen LogP contribution in [0, 0.1) is 29.6 Å². The third-order valence-corrected chi connectivity index (χ3v) is 11.8. The van der Waals surface area contributed by atoms with Crippen molar-refractivity contribution in [2.75, 3.05) is 62.4 Å². The van der Waals surface area contributed by atoms with Crippen LogP contribution in [0.25, 0.3) is 0 Å². The summed E-state index contributed by atoms with van der Waals surface area (Å²) < 4.78 is 6.13. The van der Waals surface area contributed by atoms with Crippen LogP contribution >= 0.6 is 0 Å². The maximum Gasteiger partial charge on any atom is 0.334 e. The molecular formula is C45H80N10O11. The Morgan fingerprint density at radius 2 is 1.27 bits per heavy atom. The Kier molecular flexibility index (Phi) is 23.8. The van der Waals surface area contributed by atoms with Gasteiger partial charge in [-0.05, 0) is 56.3 Å². The summed E-state index contributed by atoms with van der Waals surface area (Å²) in [6.07, 6.45) is 0.475. The molecule has 1 aliphatic heterocycles. The highest BCUT2D eigenvalue weighted by atomic mass is 16.5. The van der Waals surface area contributed by atoms with Crippen LogP contribution in [0.3, 0.4) is 0 Å². The highest BCUT2D eigenvalue weighted by Gasteiger charge is 2.45. The number of amides is 13. The Labute approximate surface area is 391 Å². The van der Waals surface area contributed by atoms with Gasteiger partial charge in [0.25, 0.3) is 0 Å². The van der Waals surface area contributed by atoms with Gasteiger partial charge in [0.1, 0.15) is 24.2 Å². The van der Waals surface area contributed by atoms with Crippen molar-refractivity contribution in [3.8, 4) is 0 Å². The maximum atomic E-state index is 14.3. The van der Waals surface area contributed by atoms with E-state index in [4.69, 9.17) is 4.74 Å². The molecule has 1 aliphatic rings. The number of carbonyl (C=O) groups excluding carboxylic acids is 10. The molecular weight excluding hydrogens is 857 g/mol. The summed E-state index contributed by atoms with van der Waals surface area (Å²) in [5.74, 6) is -5.30. The van der Waals surface area contributed by atoms with E-state index in [-0.39, 0.29) is 49.7 Å². The molecule has 66 heavy (non-hydrogen) atoms. The van der Waals surface area contributed by atoms with E-state index >= 15 is 0 Å². The fourth-order valence-corrected chi connectivity index (χ4v) is 7.59. The van der Waals surface area contributed by atoms with Crippen molar-refractivity contribution in [3.63, 3.8) is 0 Å². The standard InChI is InChI=1S/C45H80N10O11/c1-18-31(47-40(60)36(37-28(8)22-30(10)66-37)54(16)45(65)55(17)44(64)53(15)33(56)20-19-25(2)3)41(61)51(13)24-34(57)52(14)32(21-26(4)5)39(59)48-35(27(6)7)42(62)50(12)23-29(9)38(58)49-43(63)46-11/h25-32,35-37H,18-24H2,1-17H3,(H,47,60)(H,48,59)(H2,46,49,58,63)/t28-,29?,30?,31+,32+,35+,36+,37?/m1/s1. The number of nitrogens with zero attached hydrogens (tertiary/aromatic N) is 6. The Balaban J connectivity index is 3.26. The third kappa shape index (κ3) is 16.8. The number of hydrogen-bond donors (Lipinski definition) is 4. The highest BCUT2D eigenvalue weighted by Crippen LogP contribution is 2.31. The van der Waals surface area contributed by atoms with Crippen molar-refractivity contribution in [2.45, 2.75) is 138 Å². The van der Waals surface area contributed by atoms with Crippen LogP contribution in [0.4, 0.5) is 14.4 Å². The molecule has 1 heterocycles. The first-order valence-corrected chi connectivity index (χ1v) is 22.9. The first-order valence-electron chi connectivity index (χ1n) is 22.9. The fraction of sp³-hybridized carbons (Fsp3) is 0.778. The highest BCUT2D eigenvalue weighted by molar-refractivity contribution is 6.02. The van der Waals surface area contributed by atoms with Gasteiger partial charge in [-0.25, -0.2) is 19.3 Å². The summed E-state index contributed by atoms with van der Waals surface area (Å²) in [4.78, 5) is 140. The Morgan fingerprint density at radius 1 is 0.682 bits per heavy atom. The average molecular weight is 937 g/mol. The van der Waals surface area contributed by atoms with Gasteiger partial charge in [0.15, 0.2) is 0 Å². The Morgan fingerprint density at radius 3 is 1.76 bits per heavy atom. The van der Waals surface area contributed by atoms with Crippen molar-refractivity contribution in [1.82, 2.24) is 50.7 Å². The van der Waals surface area contributed by atoms with Crippen molar-refractivity contribution >= 4 is 59.4 Å². The van der Waals surface area contributed by atoms with E-state index in [1.807, 2.05) is 41.5 Å². The van der Waals surface area contributed by atoms with Crippen LogP contribution in [-0.2, 0) is 38.3 Å². The molecule has 8 atom stereocenters. The van der Waals surface area contributed by atoms with E-state index in [9.17, 15) is 47.9 Å². The minimum Gasteiger partial charge on any atom is -0.372 e. The first kappa shape index (κ1) is 58.7. The lowest BCUT2D eigenvalue weighted by molar-refractivity contribution is -0.146. The van der Waals surface area contributed by atoms with Gasteiger partial charge in [0, 0.05) is 62.3 Å². The second-order valence-electron chi connectivity index (χ2n) is 18.9. The molecule has 0 spiro atoms. The molecule has 13 amide bonds. The molecule has 0 radical (unpaired) electrons. The topological polar surface area (TPSA) is 247 Å². The summed E-state index contributed by atoms with van der Waals surface area (Å²) in [5, 5.41) is 10.0. The molecule has 0 aromatic heterocycles. The summed E-state index contributed by atoms with van der Waals surface area (Å²) in [7, 11) is 9.51. The predicted molar refractivity (Wildman–Crippen MR) is 247 cm³/mol. The molecule has 0 saturated carbocycles. The summed E-state index contributed by atoms with van der Waals surface area (Å²) >= 11 is 0. The van der Waals surface area contributed by atoms with Gasteiger partial charge in [-0.15, -0.1) is 0 Å². The third-order valence-electron chi connectivity index (χ3n) is 11.8. The molecule has 3 unspecified atom stereocenters. The molecule has 1 rings (SSSR count). The molecule has 0 aromatic carbocycles. The SMILES string of the molecule is CC[C@H](NC(=O)[C@H](C1OC(C)C[C@H]1C)N(C)C(=O)N(C)C(=O)N(C)C(=O)CCC(C)C)C(=O)N(C)CC(=O)N(C)[C@@H](CC(C)C)C(=O)N[C@H](C(=O)N(C)CC(C)C(=O)NC(=O)NC)C(C)C. The lowest BCUT2D eigenvalue weighted by Crippen LogP contribution is -2.61. The first-order chi connectivity index (χ1) is 30.5. The number of imide groups is 3. The predicted octanol–water partition coefficient (Wildman–Crippen LogP) is 2.08. The van der Waals surface area contributed by atoms with E-state index in [0.717, 1.165) is 19.6 Å². The van der Waals surface area contributed by atoms with Crippen LogP contribution < -0.4 is 21.3 Å². The maximum absolute atomic E-state index is 14.3. The van der Waals surface area contributed by atoms with Crippen molar-refractivity contribution in [3.05, 3.63) is 0 Å². The van der Waals surface area contributed by atoms with Crippen molar-refractivity contribution in [2.24, 2.45) is 29.6 Å². The van der Waals surface area contributed by atoms with Gasteiger partial charge < -0.3 is 40.3 Å². The lowest BCUT2D eigenvalue weighted by Gasteiger charge is -2.36. The average Bonchev–Trinajstić information content (AvgIpc) is 3.58. The number of nitrogens with one attached hydrogen (secondary N) is 4. The van der Waals surface area contributed by atoms with E-state index in [2.05, 4.69) is 21.3 Å².